The van der Waals surface area contributed by atoms with E-state index in [1.807, 2.05) is 43.4 Å². The summed E-state index contributed by atoms with van der Waals surface area (Å²) in [5, 5.41) is 5.31. The second kappa shape index (κ2) is 7.72. The number of halogens is 1. The summed E-state index contributed by atoms with van der Waals surface area (Å²) in [6.45, 7) is 0. The van der Waals surface area contributed by atoms with Crippen LogP contribution in [0.1, 0.15) is 17.5 Å². The maximum atomic E-state index is 13.7. The summed E-state index contributed by atoms with van der Waals surface area (Å²) in [5.74, 6) is -0.0758. The predicted octanol–water partition coefficient (Wildman–Crippen LogP) is 4.52. The Kier molecular flexibility index (Phi) is 4.98. The van der Waals surface area contributed by atoms with Crippen LogP contribution in [0.4, 0.5) is 4.39 Å². The normalized spacial score (nSPS) is 11.1. The van der Waals surface area contributed by atoms with Gasteiger partial charge in [-0.2, -0.15) is 5.10 Å². The summed E-state index contributed by atoms with van der Waals surface area (Å²) in [6.07, 6.45) is 5.13. The molecule has 0 radical (unpaired) electrons. The fourth-order valence-corrected chi connectivity index (χ4v) is 3.38. The van der Waals surface area contributed by atoms with Gasteiger partial charge < -0.3 is 0 Å². The molecule has 4 nitrogen and oxygen atoms in total. The molecule has 0 bridgehead atoms. The molecule has 0 amide bonds. The van der Waals surface area contributed by atoms with Crippen molar-refractivity contribution in [2.24, 2.45) is 7.05 Å². The van der Waals surface area contributed by atoms with Crippen LogP contribution in [-0.2, 0) is 24.7 Å². The molecule has 4 rings (SSSR count). The molecule has 0 fully saturated rings. The second-order valence-corrected chi connectivity index (χ2v) is 6.90. The van der Waals surface area contributed by atoms with Crippen molar-refractivity contribution in [2.45, 2.75) is 19.3 Å². The largest absolute Gasteiger partial charge is 0.299 e. The van der Waals surface area contributed by atoms with Crippen LogP contribution in [0.15, 0.2) is 67.0 Å². The summed E-state index contributed by atoms with van der Waals surface area (Å²) in [5.41, 5.74) is 4.62. The number of hydrogen-bond donors (Lipinski definition) is 0. The third kappa shape index (κ3) is 3.83. The van der Waals surface area contributed by atoms with Gasteiger partial charge in [0, 0.05) is 43.2 Å². The summed E-state index contributed by atoms with van der Waals surface area (Å²) in [4.78, 5) is 16.3. The Hall–Kier alpha value is -3.34. The van der Waals surface area contributed by atoms with E-state index in [0.29, 0.717) is 12.8 Å². The van der Waals surface area contributed by atoms with Crippen LogP contribution in [0.2, 0.25) is 0 Å². The smallest absolute Gasteiger partial charge is 0.137 e. The van der Waals surface area contributed by atoms with Crippen molar-refractivity contribution in [2.75, 3.05) is 0 Å². The fraction of sp³-hybridized carbons (Fsp3) is 0.174. The standard InChI is InChI=1S/C23H20FN3O/c1-27-22-9-7-19(24)15-21(22)23(26-27)18-5-2-17(3-6-18)14-20(28)8-4-16-10-12-25-13-11-16/h2-3,5-7,9-13,15H,4,8,14H2,1H3. The first kappa shape index (κ1) is 18.0. The van der Waals surface area contributed by atoms with Crippen molar-refractivity contribution < 1.29 is 9.18 Å². The molecule has 2 heterocycles. The van der Waals surface area contributed by atoms with Gasteiger partial charge in [-0.1, -0.05) is 24.3 Å². The molecule has 140 valence electrons. The minimum absolute atomic E-state index is 0.204. The number of ketones is 1. The van der Waals surface area contributed by atoms with Gasteiger partial charge in [0.15, 0.2) is 0 Å². The average molecular weight is 373 g/mol. The van der Waals surface area contributed by atoms with Crippen molar-refractivity contribution in [1.82, 2.24) is 14.8 Å². The van der Waals surface area contributed by atoms with E-state index < -0.39 is 0 Å². The molecule has 0 saturated heterocycles. The molecule has 0 aliphatic carbocycles. The lowest BCUT2D eigenvalue weighted by Gasteiger charge is -2.04. The first-order valence-electron chi connectivity index (χ1n) is 9.22. The molecule has 0 unspecified atom stereocenters. The lowest BCUT2D eigenvalue weighted by atomic mass is 10.0. The molecular weight excluding hydrogens is 353 g/mol. The van der Waals surface area contributed by atoms with Gasteiger partial charge in [-0.15, -0.1) is 0 Å². The molecule has 0 atom stereocenters. The number of pyridine rings is 1. The third-order valence-electron chi connectivity index (χ3n) is 4.88. The quantitative estimate of drug-likeness (QED) is 0.499. The van der Waals surface area contributed by atoms with Crippen LogP contribution in [0, 0.1) is 5.82 Å². The zero-order chi connectivity index (χ0) is 19.5. The highest BCUT2D eigenvalue weighted by atomic mass is 19.1. The number of carbonyl (C=O) groups is 1. The number of carbonyl (C=O) groups excluding carboxylic acids is 1. The molecular formula is C23H20FN3O. The van der Waals surface area contributed by atoms with Crippen molar-refractivity contribution in [3.8, 4) is 11.3 Å². The molecule has 0 aliphatic rings. The topological polar surface area (TPSA) is 47.8 Å². The Morgan fingerprint density at radius 3 is 2.50 bits per heavy atom. The van der Waals surface area contributed by atoms with Gasteiger partial charge in [0.05, 0.1) is 5.52 Å². The van der Waals surface area contributed by atoms with Crippen molar-refractivity contribution in [3.63, 3.8) is 0 Å². The molecule has 2 aromatic heterocycles. The van der Waals surface area contributed by atoms with E-state index >= 15 is 0 Å². The lowest BCUT2D eigenvalue weighted by Crippen LogP contribution is -2.04. The lowest BCUT2D eigenvalue weighted by molar-refractivity contribution is -0.118. The van der Waals surface area contributed by atoms with Crippen molar-refractivity contribution >= 4 is 16.7 Å². The Morgan fingerprint density at radius 2 is 1.75 bits per heavy atom. The Balaban J connectivity index is 1.47. The molecule has 0 N–H and O–H groups in total. The van der Waals surface area contributed by atoms with Crippen molar-refractivity contribution in [3.05, 3.63) is 83.9 Å². The first-order chi connectivity index (χ1) is 13.6. The van der Waals surface area contributed by atoms with Gasteiger partial charge in [-0.3, -0.25) is 14.5 Å². The van der Waals surface area contributed by atoms with E-state index in [-0.39, 0.29) is 11.6 Å². The molecule has 5 heteroatoms. The summed E-state index contributed by atoms with van der Waals surface area (Å²) < 4.78 is 15.4. The fourth-order valence-electron chi connectivity index (χ4n) is 3.38. The van der Waals surface area contributed by atoms with E-state index in [1.165, 1.54) is 12.1 Å². The highest BCUT2D eigenvalue weighted by Gasteiger charge is 2.12. The van der Waals surface area contributed by atoms with Crippen LogP contribution in [-0.4, -0.2) is 20.5 Å². The van der Waals surface area contributed by atoms with Gasteiger partial charge in [-0.25, -0.2) is 4.39 Å². The van der Waals surface area contributed by atoms with E-state index in [0.717, 1.165) is 39.7 Å². The van der Waals surface area contributed by atoms with E-state index in [1.54, 1.807) is 23.1 Å². The average Bonchev–Trinajstić information content (AvgIpc) is 3.03. The maximum absolute atomic E-state index is 13.7. The minimum Gasteiger partial charge on any atom is -0.299 e. The van der Waals surface area contributed by atoms with Crippen LogP contribution < -0.4 is 0 Å². The number of aromatic nitrogens is 3. The van der Waals surface area contributed by atoms with E-state index in [9.17, 15) is 9.18 Å². The zero-order valence-corrected chi connectivity index (χ0v) is 15.6. The highest BCUT2D eigenvalue weighted by molar-refractivity contribution is 5.93. The third-order valence-corrected chi connectivity index (χ3v) is 4.88. The molecule has 2 aromatic carbocycles. The Labute approximate surface area is 162 Å². The number of fused-ring (bicyclic) bond motifs is 1. The summed E-state index contributed by atoms with van der Waals surface area (Å²) >= 11 is 0. The molecule has 28 heavy (non-hydrogen) atoms. The Morgan fingerprint density at radius 1 is 1.00 bits per heavy atom. The molecule has 0 saturated carbocycles. The van der Waals surface area contributed by atoms with E-state index in [2.05, 4.69) is 10.1 Å². The van der Waals surface area contributed by atoms with Gasteiger partial charge in [0.2, 0.25) is 0 Å². The number of rotatable bonds is 6. The number of Topliss-reactive ketones (excluding diaryl/α,β-unsaturated/α-hetero) is 1. The van der Waals surface area contributed by atoms with Crippen LogP contribution in [0.5, 0.6) is 0 Å². The number of benzene rings is 2. The van der Waals surface area contributed by atoms with Crippen LogP contribution >= 0.6 is 0 Å². The maximum Gasteiger partial charge on any atom is 0.137 e. The number of hydrogen-bond acceptors (Lipinski definition) is 3. The van der Waals surface area contributed by atoms with Gasteiger partial charge >= 0.3 is 0 Å². The molecule has 0 aliphatic heterocycles. The monoisotopic (exact) mass is 373 g/mol. The van der Waals surface area contributed by atoms with Crippen LogP contribution in [0.25, 0.3) is 22.2 Å². The highest BCUT2D eigenvalue weighted by Crippen LogP contribution is 2.28. The van der Waals surface area contributed by atoms with Crippen molar-refractivity contribution in [1.29, 1.82) is 0 Å². The summed E-state index contributed by atoms with van der Waals surface area (Å²) in [7, 11) is 1.85. The number of aryl methyl sites for hydroxylation is 2. The van der Waals surface area contributed by atoms with Gasteiger partial charge in [-0.05, 0) is 47.9 Å². The number of nitrogens with zero attached hydrogens (tertiary/aromatic N) is 3. The first-order valence-corrected chi connectivity index (χ1v) is 9.22. The molecule has 4 aromatic rings. The Bertz CT molecular complexity index is 1120. The second-order valence-electron chi connectivity index (χ2n) is 6.90. The van der Waals surface area contributed by atoms with Gasteiger partial charge in [0.1, 0.15) is 17.3 Å². The van der Waals surface area contributed by atoms with Gasteiger partial charge in [0.25, 0.3) is 0 Å². The zero-order valence-electron chi connectivity index (χ0n) is 15.6. The van der Waals surface area contributed by atoms with Crippen LogP contribution in [0.3, 0.4) is 0 Å². The molecule has 0 spiro atoms. The SMILES string of the molecule is Cn1nc(-c2ccc(CC(=O)CCc3ccncc3)cc2)c2cc(F)ccc21. The minimum atomic E-state index is -0.279. The van der Waals surface area contributed by atoms with E-state index in [4.69, 9.17) is 0 Å². The summed E-state index contributed by atoms with van der Waals surface area (Å²) in [6, 6.07) is 16.3. The predicted molar refractivity (Wildman–Crippen MR) is 107 cm³/mol.